The maximum atomic E-state index is 12.1. The molecule has 2 unspecified atom stereocenters. The number of hydrogen-bond donors (Lipinski definition) is 2. The van der Waals surface area contributed by atoms with Crippen LogP contribution in [-0.2, 0) is 0 Å². The van der Waals surface area contributed by atoms with Crippen molar-refractivity contribution in [1.82, 2.24) is 10.6 Å². The van der Waals surface area contributed by atoms with Crippen molar-refractivity contribution in [2.24, 2.45) is 11.8 Å². The second-order valence-electron chi connectivity index (χ2n) is 8.36. The number of Topliss-reactive ketones (excluding diaryl/α,β-unsaturated/α-hetero) is 1. The third-order valence-corrected chi connectivity index (χ3v) is 5.27. The molecule has 1 aromatic carbocycles. The Hall–Kier alpha value is -1.85. The minimum atomic E-state index is -0.0738. The molecule has 0 bridgehead atoms. The number of ether oxygens (including phenoxy) is 1. The first-order chi connectivity index (χ1) is 13.9. The maximum Gasteiger partial charge on any atom is 0.200 e. The normalized spacial score (nSPS) is 13.7. The van der Waals surface area contributed by atoms with Crippen LogP contribution in [0.15, 0.2) is 28.7 Å². The highest BCUT2D eigenvalue weighted by Crippen LogP contribution is 2.25. The predicted molar refractivity (Wildman–Crippen MR) is 120 cm³/mol. The summed E-state index contributed by atoms with van der Waals surface area (Å²) in [6.45, 7) is 14.1. The van der Waals surface area contributed by atoms with Crippen LogP contribution in [0.25, 0.3) is 11.0 Å². The van der Waals surface area contributed by atoms with E-state index < -0.39 is 0 Å². The van der Waals surface area contributed by atoms with E-state index in [-0.39, 0.29) is 11.7 Å². The van der Waals surface area contributed by atoms with Crippen molar-refractivity contribution < 1.29 is 13.9 Å². The van der Waals surface area contributed by atoms with Crippen molar-refractivity contribution >= 4 is 16.8 Å². The first-order valence-corrected chi connectivity index (χ1v) is 11.0. The van der Waals surface area contributed by atoms with Crippen molar-refractivity contribution in [3.63, 3.8) is 0 Å². The van der Waals surface area contributed by atoms with Crippen molar-refractivity contribution in [1.29, 1.82) is 0 Å². The van der Waals surface area contributed by atoms with E-state index in [1.807, 2.05) is 38.1 Å². The Labute approximate surface area is 175 Å². The lowest BCUT2D eigenvalue weighted by Crippen LogP contribution is -2.30. The molecule has 0 saturated heterocycles. The zero-order chi connectivity index (χ0) is 21.2. The fourth-order valence-corrected chi connectivity index (χ4v) is 3.30. The van der Waals surface area contributed by atoms with Gasteiger partial charge in [0.25, 0.3) is 0 Å². The summed E-state index contributed by atoms with van der Waals surface area (Å²) in [5, 5.41) is 7.83. The highest BCUT2D eigenvalue weighted by Gasteiger charge is 2.16. The van der Waals surface area contributed by atoms with Crippen LogP contribution in [0.5, 0.6) is 5.75 Å². The summed E-state index contributed by atoms with van der Waals surface area (Å²) in [6, 6.07) is 7.99. The van der Waals surface area contributed by atoms with Gasteiger partial charge in [-0.3, -0.25) is 4.79 Å². The summed E-state index contributed by atoms with van der Waals surface area (Å²) < 4.78 is 11.5. The van der Waals surface area contributed by atoms with Crippen LogP contribution in [0.4, 0.5) is 0 Å². The van der Waals surface area contributed by atoms with Crippen LogP contribution in [0, 0.1) is 11.8 Å². The van der Waals surface area contributed by atoms with Crippen molar-refractivity contribution in [2.75, 3.05) is 26.2 Å². The quantitative estimate of drug-likeness (QED) is 0.342. The van der Waals surface area contributed by atoms with Gasteiger partial charge in [-0.15, -0.1) is 0 Å². The molecule has 2 rings (SSSR count). The fourth-order valence-electron chi connectivity index (χ4n) is 3.30. The summed E-state index contributed by atoms with van der Waals surface area (Å²) in [4.78, 5) is 12.1. The van der Waals surface area contributed by atoms with E-state index in [1.165, 1.54) is 19.3 Å². The van der Waals surface area contributed by atoms with E-state index in [0.29, 0.717) is 18.4 Å². The third kappa shape index (κ3) is 7.82. The molecular weight excluding hydrogens is 364 g/mol. The molecule has 2 N–H and O–H groups in total. The van der Waals surface area contributed by atoms with Gasteiger partial charge in [0, 0.05) is 23.9 Å². The molecule has 2 atom stereocenters. The van der Waals surface area contributed by atoms with E-state index in [0.717, 1.165) is 42.3 Å². The van der Waals surface area contributed by atoms with E-state index in [1.54, 1.807) is 0 Å². The molecule has 5 nitrogen and oxygen atoms in total. The topological polar surface area (TPSA) is 63.5 Å². The van der Waals surface area contributed by atoms with Crippen LogP contribution in [0.3, 0.4) is 0 Å². The van der Waals surface area contributed by atoms with Gasteiger partial charge in [-0.25, -0.2) is 0 Å². The molecule has 0 aliphatic carbocycles. The average Bonchev–Trinajstić information content (AvgIpc) is 3.12. The lowest BCUT2D eigenvalue weighted by Gasteiger charge is -2.17. The van der Waals surface area contributed by atoms with E-state index in [2.05, 4.69) is 31.4 Å². The molecule has 29 heavy (non-hydrogen) atoms. The number of carbonyl (C=O) groups excluding carboxylic acids is 1. The van der Waals surface area contributed by atoms with Gasteiger partial charge in [0.05, 0.1) is 0 Å². The first-order valence-electron chi connectivity index (χ1n) is 11.0. The Balaban J connectivity index is 1.70. The van der Waals surface area contributed by atoms with Gasteiger partial charge in [0.1, 0.15) is 17.9 Å². The van der Waals surface area contributed by atoms with Gasteiger partial charge in [0.15, 0.2) is 5.76 Å². The zero-order valence-corrected chi connectivity index (χ0v) is 18.7. The van der Waals surface area contributed by atoms with E-state index >= 15 is 0 Å². The second-order valence-corrected chi connectivity index (χ2v) is 8.36. The SMILES string of the molecule is CCNCCC(C)CCC(C)NCCOc1ccc2oc(C(=O)C(C)C)cc2c1. The molecule has 2 aromatic rings. The molecule has 0 aliphatic heterocycles. The van der Waals surface area contributed by atoms with Gasteiger partial charge in [-0.05, 0) is 69.5 Å². The summed E-state index contributed by atoms with van der Waals surface area (Å²) in [5.41, 5.74) is 0.719. The van der Waals surface area contributed by atoms with Crippen LogP contribution in [-0.4, -0.2) is 38.1 Å². The molecule has 0 aliphatic rings. The molecule has 1 heterocycles. The van der Waals surface area contributed by atoms with Crippen LogP contribution >= 0.6 is 0 Å². The van der Waals surface area contributed by atoms with E-state index in [4.69, 9.17) is 9.15 Å². The summed E-state index contributed by atoms with van der Waals surface area (Å²) in [6.07, 6.45) is 3.67. The monoisotopic (exact) mass is 402 g/mol. The summed E-state index contributed by atoms with van der Waals surface area (Å²) in [7, 11) is 0. The molecular formula is C24H38N2O3. The fraction of sp³-hybridized carbons (Fsp3) is 0.625. The number of fused-ring (bicyclic) bond motifs is 1. The number of hydrogen-bond acceptors (Lipinski definition) is 5. The Kier molecular flexibility index (Phi) is 9.68. The predicted octanol–water partition coefficient (Wildman–Crippen LogP) is 5.04. The molecule has 0 spiro atoms. The molecule has 0 saturated carbocycles. The largest absolute Gasteiger partial charge is 0.492 e. The third-order valence-electron chi connectivity index (χ3n) is 5.27. The Bertz CT molecular complexity index is 754. The number of nitrogens with one attached hydrogen (secondary N) is 2. The minimum Gasteiger partial charge on any atom is -0.492 e. The lowest BCUT2D eigenvalue weighted by atomic mass is 9.99. The van der Waals surface area contributed by atoms with Crippen LogP contribution in [0.2, 0.25) is 0 Å². The number of carbonyl (C=O) groups is 1. The Morgan fingerprint density at radius 2 is 1.86 bits per heavy atom. The molecule has 1 aromatic heterocycles. The minimum absolute atomic E-state index is 0.0257. The molecule has 0 amide bonds. The average molecular weight is 403 g/mol. The molecule has 0 radical (unpaired) electrons. The highest BCUT2D eigenvalue weighted by molar-refractivity contribution is 5.98. The van der Waals surface area contributed by atoms with Gasteiger partial charge in [-0.1, -0.05) is 27.7 Å². The standard InChI is InChI=1S/C24H38N2O3/c1-6-25-12-11-18(4)7-8-19(5)26-13-14-28-21-9-10-22-20(15-21)16-23(29-22)24(27)17(2)3/h9-10,15-19,25-26H,6-8,11-14H2,1-5H3. The van der Waals surface area contributed by atoms with Crippen molar-refractivity contribution in [2.45, 2.75) is 59.9 Å². The lowest BCUT2D eigenvalue weighted by molar-refractivity contribution is 0.0913. The summed E-state index contributed by atoms with van der Waals surface area (Å²) in [5.74, 6) is 1.92. The number of benzene rings is 1. The Morgan fingerprint density at radius 1 is 1.07 bits per heavy atom. The zero-order valence-electron chi connectivity index (χ0n) is 18.7. The van der Waals surface area contributed by atoms with Crippen LogP contribution < -0.4 is 15.4 Å². The van der Waals surface area contributed by atoms with E-state index in [9.17, 15) is 4.79 Å². The number of ketones is 1. The summed E-state index contributed by atoms with van der Waals surface area (Å²) >= 11 is 0. The number of rotatable bonds is 14. The van der Waals surface area contributed by atoms with Gasteiger partial charge >= 0.3 is 0 Å². The van der Waals surface area contributed by atoms with Gasteiger partial charge < -0.3 is 19.8 Å². The second kappa shape index (κ2) is 12.0. The maximum absolute atomic E-state index is 12.1. The molecule has 162 valence electrons. The van der Waals surface area contributed by atoms with Gasteiger partial charge in [0.2, 0.25) is 5.78 Å². The number of furan rings is 1. The Morgan fingerprint density at radius 3 is 2.59 bits per heavy atom. The molecule has 0 fully saturated rings. The van der Waals surface area contributed by atoms with Crippen molar-refractivity contribution in [3.8, 4) is 5.75 Å². The smallest absolute Gasteiger partial charge is 0.200 e. The first kappa shape index (κ1) is 23.4. The van der Waals surface area contributed by atoms with Gasteiger partial charge in [-0.2, -0.15) is 0 Å². The highest BCUT2D eigenvalue weighted by atomic mass is 16.5. The molecule has 5 heteroatoms. The van der Waals surface area contributed by atoms with Crippen molar-refractivity contribution in [3.05, 3.63) is 30.0 Å². The van der Waals surface area contributed by atoms with Crippen LogP contribution in [0.1, 0.15) is 64.4 Å².